The summed E-state index contributed by atoms with van der Waals surface area (Å²) in [6, 6.07) is 11.9. The molecule has 3 rings (SSSR count). The van der Waals surface area contributed by atoms with E-state index in [1.807, 2.05) is 19.1 Å². The lowest BCUT2D eigenvalue weighted by atomic mass is 10.1. The van der Waals surface area contributed by atoms with Crippen LogP contribution < -0.4 is 4.90 Å². The van der Waals surface area contributed by atoms with Crippen molar-refractivity contribution in [2.75, 3.05) is 18.0 Å². The summed E-state index contributed by atoms with van der Waals surface area (Å²) in [6.45, 7) is 2.20. The number of anilines is 1. The molecule has 1 fully saturated rings. The zero-order valence-corrected chi connectivity index (χ0v) is 14.3. The molecule has 7 heteroatoms. The largest absolute Gasteiger partial charge is 0.325 e. The molecule has 2 aromatic rings. The van der Waals surface area contributed by atoms with Gasteiger partial charge in [-0.2, -0.15) is 5.26 Å². The maximum Gasteiger partial charge on any atom is 0.256 e. The summed E-state index contributed by atoms with van der Waals surface area (Å²) >= 11 is 6.18. The molecular formula is C18H15ClN4O2. The minimum absolute atomic E-state index is 0.0365. The molecule has 1 aromatic carbocycles. The van der Waals surface area contributed by atoms with Gasteiger partial charge in [0.25, 0.3) is 5.91 Å². The van der Waals surface area contributed by atoms with Gasteiger partial charge >= 0.3 is 0 Å². The molecule has 1 atom stereocenters. The first-order valence-electron chi connectivity index (χ1n) is 7.73. The molecule has 1 aromatic heterocycles. The molecule has 0 spiro atoms. The van der Waals surface area contributed by atoms with Gasteiger partial charge in [0, 0.05) is 18.8 Å². The van der Waals surface area contributed by atoms with Crippen LogP contribution in [0.25, 0.3) is 0 Å². The van der Waals surface area contributed by atoms with E-state index in [1.54, 1.807) is 29.2 Å². The van der Waals surface area contributed by atoms with Gasteiger partial charge in [0.1, 0.15) is 18.3 Å². The molecule has 1 aliphatic rings. The first-order chi connectivity index (χ1) is 12.0. The predicted molar refractivity (Wildman–Crippen MR) is 93.3 cm³/mol. The number of benzene rings is 1. The number of carbonyl (C=O) groups excluding carboxylic acids is 2. The highest BCUT2D eigenvalue weighted by atomic mass is 35.5. The van der Waals surface area contributed by atoms with Crippen LogP contribution in [0.4, 0.5) is 5.69 Å². The van der Waals surface area contributed by atoms with Crippen molar-refractivity contribution >= 4 is 29.1 Å². The highest BCUT2D eigenvalue weighted by molar-refractivity contribution is 6.33. The number of aromatic nitrogens is 1. The first-order valence-corrected chi connectivity index (χ1v) is 8.11. The highest BCUT2D eigenvalue weighted by Gasteiger charge is 2.34. The number of nitrogens with zero attached hydrogens (tertiary/aromatic N) is 4. The molecule has 126 valence electrons. The van der Waals surface area contributed by atoms with Gasteiger partial charge < -0.3 is 9.80 Å². The van der Waals surface area contributed by atoms with Gasteiger partial charge in [0.05, 0.1) is 16.3 Å². The fourth-order valence-electron chi connectivity index (χ4n) is 2.78. The number of hydrogen-bond donors (Lipinski definition) is 0. The second-order valence-electron chi connectivity index (χ2n) is 5.78. The molecule has 6 nitrogen and oxygen atoms in total. The van der Waals surface area contributed by atoms with Crippen molar-refractivity contribution in [2.45, 2.75) is 13.0 Å². The van der Waals surface area contributed by atoms with Crippen LogP contribution in [0.3, 0.4) is 0 Å². The van der Waals surface area contributed by atoms with Gasteiger partial charge in [-0.25, -0.2) is 4.98 Å². The van der Waals surface area contributed by atoms with E-state index in [4.69, 9.17) is 16.9 Å². The maximum atomic E-state index is 12.7. The normalized spacial score (nSPS) is 17.3. The van der Waals surface area contributed by atoms with Crippen molar-refractivity contribution in [1.82, 2.24) is 9.88 Å². The molecule has 1 saturated heterocycles. The van der Waals surface area contributed by atoms with E-state index in [2.05, 4.69) is 4.98 Å². The van der Waals surface area contributed by atoms with E-state index in [9.17, 15) is 9.59 Å². The van der Waals surface area contributed by atoms with Crippen molar-refractivity contribution in [1.29, 1.82) is 5.26 Å². The standard InChI is InChI=1S/C18H15ClN4O2/c1-12-10-23(16-5-3-2-4-15(16)19)17(24)11-22(12)18(25)13-6-7-14(8-20)21-9-13/h2-7,9,12H,10-11H2,1H3/t12-/m0/s1. The van der Waals surface area contributed by atoms with Gasteiger partial charge in [-0.05, 0) is 31.2 Å². The number of para-hydroxylation sites is 1. The Morgan fingerprint density at radius 1 is 1.32 bits per heavy atom. The van der Waals surface area contributed by atoms with E-state index in [-0.39, 0.29) is 30.1 Å². The van der Waals surface area contributed by atoms with E-state index < -0.39 is 0 Å². The first kappa shape index (κ1) is 16.9. The Balaban J connectivity index is 1.80. The summed E-state index contributed by atoms with van der Waals surface area (Å²) in [7, 11) is 0. The number of pyridine rings is 1. The van der Waals surface area contributed by atoms with Crippen LogP contribution in [0.2, 0.25) is 5.02 Å². The number of nitriles is 1. The van der Waals surface area contributed by atoms with Crippen LogP contribution in [-0.2, 0) is 4.79 Å². The fourth-order valence-corrected chi connectivity index (χ4v) is 3.02. The molecule has 0 saturated carbocycles. The van der Waals surface area contributed by atoms with Gasteiger partial charge in [-0.3, -0.25) is 9.59 Å². The summed E-state index contributed by atoms with van der Waals surface area (Å²) in [5.74, 6) is -0.474. The molecule has 0 radical (unpaired) electrons. The summed E-state index contributed by atoms with van der Waals surface area (Å²) < 4.78 is 0. The summed E-state index contributed by atoms with van der Waals surface area (Å²) in [5.41, 5.74) is 1.24. The molecule has 2 heterocycles. The van der Waals surface area contributed by atoms with E-state index in [0.29, 0.717) is 22.8 Å². The predicted octanol–water partition coefficient (Wildman–Crippen LogP) is 2.48. The third-order valence-corrected chi connectivity index (χ3v) is 4.43. The van der Waals surface area contributed by atoms with Crippen molar-refractivity contribution < 1.29 is 9.59 Å². The fraction of sp³-hybridized carbons (Fsp3) is 0.222. The van der Waals surface area contributed by atoms with Gasteiger partial charge in [-0.15, -0.1) is 0 Å². The van der Waals surface area contributed by atoms with Gasteiger partial charge in [-0.1, -0.05) is 23.7 Å². The zero-order chi connectivity index (χ0) is 18.0. The highest BCUT2D eigenvalue weighted by Crippen LogP contribution is 2.28. The SMILES string of the molecule is C[C@H]1CN(c2ccccc2Cl)C(=O)CN1C(=O)c1ccc(C#N)nc1. The van der Waals surface area contributed by atoms with Crippen LogP contribution in [0.5, 0.6) is 0 Å². The monoisotopic (exact) mass is 354 g/mol. The van der Waals surface area contributed by atoms with Gasteiger partial charge in [0.2, 0.25) is 5.91 Å². The number of halogens is 1. The lowest BCUT2D eigenvalue weighted by Gasteiger charge is -2.39. The topological polar surface area (TPSA) is 77.3 Å². The third kappa shape index (κ3) is 3.32. The zero-order valence-electron chi connectivity index (χ0n) is 13.5. The average molecular weight is 355 g/mol. The van der Waals surface area contributed by atoms with Crippen LogP contribution in [0.1, 0.15) is 23.0 Å². The van der Waals surface area contributed by atoms with Crippen LogP contribution in [0.15, 0.2) is 42.6 Å². The molecule has 2 amide bonds. The molecule has 0 N–H and O–H groups in total. The van der Waals surface area contributed by atoms with E-state index in [1.165, 1.54) is 17.2 Å². The Morgan fingerprint density at radius 3 is 2.72 bits per heavy atom. The van der Waals surface area contributed by atoms with Crippen molar-refractivity contribution in [2.24, 2.45) is 0 Å². The lowest BCUT2D eigenvalue weighted by Crippen LogP contribution is -2.57. The Kier molecular flexibility index (Phi) is 4.68. The quantitative estimate of drug-likeness (QED) is 0.830. The van der Waals surface area contributed by atoms with E-state index >= 15 is 0 Å². The Morgan fingerprint density at radius 2 is 2.08 bits per heavy atom. The second-order valence-corrected chi connectivity index (χ2v) is 6.19. The lowest BCUT2D eigenvalue weighted by molar-refractivity contribution is -0.121. The molecule has 25 heavy (non-hydrogen) atoms. The molecule has 0 bridgehead atoms. The molecule has 0 unspecified atom stereocenters. The number of hydrogen-bond acceptors (Lipinski definition) is 4. The van der Waals surface area contributed by atoms with Gasteiger partial charge in [0.15, 0.2) is 0 Å². The van der Waals surface area contributed by atoms with Crippen molar-refractivity contribution in [3.63, 3.8) is 0 Å². The number of rotatable bonds is 2. The summed E-state index contributed by atoms with van der Waals surface area (Å²) in [6.07, 6.45) is 1.36. The Bertz CT molecular complexity index is 860. The number of piperazine rings is 1. The summed E-state index contributed by atoms with van der Waals surface area (Å²) in [4.78, 5) is 32.3. The summed E-state index contributed by atoms with van der Waals surface area (Å²) in [5, 5.41) is 9.28. The van der Waals surface area contributed by atoms with Crippen LogP contribution >= 0.6 is 11.6 Å². The number of amides is 2. The maximum absolute atomic E-state index is 12.7. The van der Waals surface area contributed by atoms with Crippen LogP contribution in [-0.4, -0.2) is 40.8 Å². The minimum Gasteiger partial charge on any atom is -0.325 e. The number of carbonyl (C=O) groups is 2. The smallest absolute Gasteiger partial charge is 0.256 e. The minimum atomic E-state index is -0.281. The molecule has 1 aliphatic heterocycles. The average Bonchev–Trinajstić information content (AvgIpc) is 2.63. The van der Waals surface area contributed by atoms with E-state index in [0.717, 1.165) is 0 Å². The second kappa shape index (κ2) is 6.91. The third-order valence-electron chi connectivity index (χ3n) is 4.11. The Hall–Kier alpha value is -2.91. The van der Waals surface area contributed by atoms with Crippen molar-refractivity contribution in [3.05, 3.63) is 58.9 Å². The Labute approximate surface area is 150 Å². The molecular weight excluding hydrogens is 340 g/mol. The van der Waals surface area contributed by atoms with Crippen LogP contribution in [0, 0.1) is 11.3 Å². The molecule has 0 aliphatic carbocycles. The van der Waals surface area contributed by atoms with Crippen molar-refractivity contribution in [3.8, 4) is 6.07 Å².